The topological polar surface area (TPSA) is 88.9 Å². The maximum absolute atomic E-state index is 13.9. The van der Waals surface area contributed by atoms with Gasteiger partial charge in [0.1, 0.15) is 5.82 Å². The number of carbonyl (C=O) groups excluding carboxylic acids is 2. The summed E-state index contributed by atoms with van der Waals surface area (Å²) in [5.41, 5.74) is 0.544. The van der Waals surface area contributed by atoms with Crippen LogP contribution in [0.4, 0.5) is 10.1 Å². The maximum atomic E-state index is 13.9. The van der Waals surface area contributed by atoms with Crippen LogP contribution >= 0.6 is 23.4 Å². The molecular formula is C22H21ClFN5O2S. The number of aromatic nitrogens is 3. The number of anilines is 1. The smallest absolute Gasteiger partial charge is 0.254 e. The molecule has 0 bridgehead atoms. The molecule has 0 radical (unpaired) electrons. The molecule has 1 heterocycles. The van der Waals surface area contributed by atoms with Crippen LogP contribution in [0.1, 0.15) is 29.1 Å². The standard InChI is InChI=1S/C22H21ClFN5O2S/c1-3-11-29-20(14(2)25-21(31)17-9-4-5-10-18(17)24)27-28-22(29)32-13-19(30)26-16-8-6-7-15(23)12-16/h3-10,12,14H,1,11,13H2,2H3,(H,25,31)(H,26,30). The van der Waals surface area contributed by atoms with Crippen molar-refractivity contribution in [3.05, 3.63) is 83.4 Å². The van der Waals surface area contributed by atoms with Crippen LogP contribution in [0.5, 0.6) is 0 Å². The maximum Gasteiger partial charge on any atom is 0.254 e. The van der Waals surface area contributed by atoms with Gasteiger partial charge in [-0.15, -0.1) is 16.8 Å². The monoisotopic (exact) mass is 473 g/mol. The number of allylic oxidation sites excluding steroid dienone is 1. The Morgan fingerprint density at radius 2 is 2.03 bits per heavy atom. The molecule has 32 heavy (non-hydrogen) atoms. The first-order valence-electron chi connectivity index (χ1n) is 9.66. The summed E-state index contributed by atoms with van der Waals surface area (Å²) < 4.78 is 15.6. The second-order valence-corrected chi connectivity index (χ2v) is 8.14. The summed E-state index contributed by atoms with van der Waals surface area (Å²) in [6.07, 6.45) is 1.66. The lowest BCUT2D eigenvalue weighted by atomic mass is 10.2. The normalized spacial score (nSPS) is 11.6. The van der Waals surface area contributed by atoms with Crippen molar-refractivity contribution in [2.24, 2.45) is 0 Å². The average Bonchev–Trinajstić information content (AvgIpc) is 3.15. The van der Waals surface area contributed by atoms with Crippen LogP contribution in [0.2, 0.25) is 5.02 Å². The Kier molecular flexibility index (Phi) is 8.02. The van der Waals surface area contributed by atoms with Crippen LogP contribution < -0.4 is 10.6 Å². The van der Waals surface area contributed by atoms with Gasteiger partial charge < -0.3 is 15.2 Å². The summed E-state index contributed by atoms with van der Waals surface area (Å²) >= 11 is 7.13. The third-order valence-corrected chi connectivity index (χ3v) is 5.55. The molecule has 0 fully saturated rings. The van der Waals surface area contributed by atoms with Gasteiger partial charge in [-0.3, -0.25) is 9.59 Å². The van der Waals surface area contributed by atoms with E-state index in [1.165, 1.54) is 30.0 Å². The molecule has 3 rings (SSSR count). The number of hydrogen-bond acceptors (Lipinski definition) is 5. The highest BCUT2D eigenvalue weighted by Crippen LogP contribution is 2.22. The number of rotatable bonds is 9. The van der Waals surface area contributed by atoms with E-state index in [9.17, 15) is 14.0 Å². The van der Waals surface area contributed by atoms with Crippen LogP contribution in [0.25, 0.3) is 0 Å². The first kappa shape index (κ1) is 23.5. The van der Waals surface area contributed by atoms with Crippen LogP contribution in [0.15, 0.2) is 66.3 Å². The van der Waals surface area contributed by atoms with Crippen molar-refractivity contribution in [3.8, 4) is 0 Å². The molecule has 0 spiro atoms. The molecule has 1 atom stereocenters. The lowest BCUT2D eigenvalue weighted by Crippen LogP contribution is -2.29. The van der Waals surface area contributed by atoms with Gasteiger partial charge in [-0.2, -0.15) is 0 Å². The van der Waals surface area contributed by atoms with E-state index in [0.717, 1.165) is 0 Å². The predicted octanol–water partition coefficient (Wildman–Crippen LogP) is 4.48. The largest absolute Gasteiger partial charge is 0.342 e. The number of hydrogen-bond donors (Lipinski definition) is 2. The molecule has 0 aliphatic rings. The molecule has 7 nitrogen and oxygen atoms in total. The van der Waals surface area contributed by atoms with E-state index in [0.29, 0.717) is 28.2 Å². The summed E-state index contributed by atoms with van der Waals surface area (Å²) in [7, 11) is 0. The molecule has 2 aromatic carbocycles. The van der Waals surface area contributed by atoms with Crippen molar-refractivity contribution in [2.75, 3.05) is 11.1 Å². The number of nitrogens with zero attached hydrogens (tertiary/aromatic N) is 3. The van der Waals surface area contributed by atoms with Crippen LogP contribution in [-0.4, -0.2) is 32.3 Å². The Bertz CT molecular complexity index is 1140. The first-order chi connectivity index (χ1) is 15.4. The molecule has 0 saturated heterocycles. The van der Waals surface area contributed by atoms with E-state index < -0.39 is 17.8 Å². The minimum Gasteiger partial charge on any atom is -0.342 e. The van der Waals surface area contributed by atoms with Gasteiger partial charge in [0.15, 0.2) is 11.0 Å². The Labute approximate surface area is 194 Å². The Balaban J connectivity index is 1.67. The van der Waals surface area contributed by atoms with E-state index in [1.807, 2.05) is 0 Å². The molecule has 2 amide bonds. The zero-order chi connectivity index (χ0) is 23.1. The molecule has 0 aliphatic carbocycles. The molecule has 10 heteroatoms. The van der Waals surface area contributed by atoms with Crippen LogP contribution in [0.3, 0.4) is 0 Å². The van der Waals surface area contributed by atoms with Gasteiger partial charge >= 0.3 is 0 Å². The van der Waals surface area contributed by atoms with Gasteiger partial charge in [-0.05, 0) is 37.3 Å². The lowest BCUT2D eigenvalue weighted by molar-refractivity contribution is -0.113. The second kappa shape index (κ2) is 10.9. The number of thioether (sulfide) groups is 1. The van der Waals surface area contributed by atoms with E-state index in [4.69, 9.17) is 11.6 Å². The highest BCUT2D eigenvalue weighted by molar-refractivity contribution is 7.99. The molecule has 2 N–H and O–H groups in total. The fourth-order valence-electron chi connectivity index (χ4n) is 2.91. The molecular weight excluding hydrogens is 453 g/mol. The number of nitrogens with one attached hydrogen (secondary N) is 2. The fourth-order valence-corrected chi connectivity index (χ4v) is 3.85. The highest BCUT2D eigenvalue weighted by Gasteiger charge is 2.21. The molecule has 3 aromatic rings. The summed E-state index contributed by atoms with van der Waals surface area (Å²) in [6, 6.07) is 12.1. The van der Waals surface area contributed by atoms with E-state index in [2.05, 4.69) is 27.4 Å². The summed E-state index contributed by atoms with van der Waals surface area (Å²) in [5.74, 6) is -0.830. The molecule has 0 saturated carbocycles. The third-order valence-electron chi connectivity index (χ3n) is 4.35. The van der Waals surface area contributed by atoms with Crippen LogP contribution in [0, 0.1) is 5.82 Å². The zero-order valence-corrected chi connectivity index (χ0v) is 18.8. The SMILES string of the molecule is C=CCn1c(SCC(=O)Nc2cccc(Cl)c2)nnc1C(C)NC(=O)c1ccccc1F. The summed E-state index contributed by atoms with van der Waals surface area (Å²) in [6.45, 7) is 5.84. The summed E-state index contributed by atoms with van der Waals surface area (Å²) in [4.78, 5) is 24.7. The second-order valence-electron chi connectivity index (χ2n) is 6.76. The molecule has 1 aromatic heterocycles. The summed E-state index contributed by atoms with van der Waals surface area (Å²) in [5, 5.41) is 14.8. The number of amides is 2. The van der Waals surface area contributed by atoms with Crippen molar-refractivity contribution in [2.45, 2.75) is 24.7 Å². The van der Waals surface area contributed by atoms with Crippen LogP contribution in [-0.2, 0) is 11.3 Å². The van der Waals surface area contributed by atoms with Crippen molar-refractivity contribution >= 4 is 40.9 Å². The molecule has 1 unspecified atom stereocenters. The predicted molar refractivity (Wildman–Crippen MR) is 123 cm³/mol. The number of halogens is 2. The number of carbonyl (C=O) groups is 2. The van der Waals surface area contributed by atoms with Gasteiger partial charge in [-0.25, -0.2) is 4.39 Å². The quantitative estimate of drug-likeness (QED) is 0.353. The Hall–Kier alpha value is -3.17. The van der Waals surface area contributed by atoms with Crippen molar-refractivity contribution in [3.63, 3.8) is 0 Å². The van der Waals surface area contributed by atoms with Crippen molar-refractivity contribution in [1.82, 2.24) is 20.1 Å². The van der Waals surface area contributed by atoms with E-state index >= 15 is 0 Å². The Morgan fingerprint density at radius 1 is 1.25 bits per heavy atom. The highest BCUT2D eigenvalue weighted by atomic mass is 35.5. The number of benzene rings is 2. The van der Waals surface area contributed by atoms with E-state index in [-0.39, 0.29) is 17.2 Å². The lowest BCUT2D eigenvalue weighted by Gasteiger charge is -2.15. The zero-order valence-electron chi connectivity index (χ0n) is 17.2. The van der Waals surface area contributed by atoms with Crippen molar-refractivity contribution < 1.29 is 14.0 Å². The fraction of sp³-hybridized carbons (Fsp3) is 0.182. The van der Waals surface area contributed by atoms with Crippen molar-refractivity contribution in [1.29, 1.82) is 0 Å². The molecule has 0 aliphatic heterocycles. The van der Waals surface area contributed by atoms with Gasteiger partial charge in [0, 0.05) is 17.3 Å². The average molecular weight is 474 g/mol. The Morgan fingerprint density at radius 3 is 2.75 bits per heavy atom. The minimum atomic E-state index is -0.605. The molecule has 166 valence electrons. The van der Waals surface area contributed by atoms with Gasteiger partial charge in [-0.1, -0.05) is 47.6 Å². The van der Waals surface area contributed by atoms with E-state index in [1.54, 1.807) is 47.9 Å². The van der Waals surface area contributed by atoms with Gasteiger partial charge in [0.25, 0.3) is 5.91 Å². The van der Waals surface area contributed by atoms with Gasteiger partial charge in [0.05, 0.1) is 17.4 Å². The minimum absolute atomic E-state index is 0.0542. The first-order valence-corrected chi connectivity index (χ1v) is 11.0. The van der Waals surface area contributed by atoms with Gasteiger partial charge in [0.2, 0.25) is 5.91 Å². The third kappa shape index (κ3) is 5.95.